The number of nitrogens with one attached hydrogen (secondary N) is 1. The Morgan fingerprint density at radius 2 is 2.05 bits per heavy atom. The molecule has 1 saturated heterocycles. The Morgan fingerprint density at radius 1 is 1.28 bits per heavy atom. The van der Waals surface area contributed by atoms with Crippen LogP contribution in [0.2, 0.25) is 0 Å². The molecule has 1 fully saturated rings. The minimum Gasteiger partial charge on any atom is -0.475 e. The summed E-state index contributed by atoms with van der Waals surface area (Å²) < 4.78 is 34.5. The van der Waals surface area contributed by atoms with Crippen molar-refractivity contribution in [1.82, 2.24) is 29.7 Å². The first-order valence-electron chi connectivity index (χ1n) is 11.4. The highest BCUT2D eigenvalue weighted by molar-refractivity contribution is 14.1. The van der Waals surface area contributed by atoms with Crippen LogP contribution in [-0.4, -0.2) is 60.1 Å². The predicted molar refractivity (Wildman–Crippen MR) is 140 cm³/mol. The number of anilines is 1. The van der Waals surface area contributed by atoms with Crippen LogP contribution in [0.4, 0.5) is 19.0 Å². The zero-order valence-corrected chi connectivity index (χ0v) is 22.1. The molecule has 0 aliphatic carbocycles. The molecule has 0 saturated carbocycles. The third-order valence-corrected chi connectivity index (χ3v) is 7.07. The van der Waals surface area contributed by atoms with Crippen LogP contribution in [0.15, 0.2) is 43.2 Å². The van der Waals surface area contributed by atoms with E-state index in [0.717, 1.165) is 51.2 Å². The van der Waals surface area contributed by atoms with E-state index in [0.29, 0.717) is 12.0 Å². The standard InChI is InChI=1S/C22H18IN9.C2HF3O2/c23-18-3-7-27-22(17(18)9-25)31-8-4-14(11-31)19(1-5-24)32-12-15(10-30-32)20-16-2-6-26-21(16)29-13-28-20;3-2(4,5)1(6)7/h2-3,6-7,10,12-14,19H,1,4,8,11H2,(H,26,28,29);(H,6,7)/t14-,19-;/m0./s1. The third-order valence-electron chi connectivity index (χ3n) is 6.17. The molecule has 0 bridgehead atoms. The lowest BCUT2D eigenvalue weighted by molar-refractivity contribution is -0.192. The van der Waals surface area contributed by atoms with Gasteiger partial charge in [-0.05, 0) is 41.1 Å². The number of aromatic amines is 1. The maximum Gasteiger partial charge on any atom is 0.490 e. The molecule has 11 nitrogen and oxygen atoms in total. The van der Waals surface area contributed by atoms with Crippen LogP contribution in [0.25, 0.3) is 22.3 Å². The molecule has 5 rings (SSSR count). The van der Waals surface area contributed by atoms with Crippen LogP contribution in [-0.2, 0) is 4.79 Å². The van der Waals surface area contributed by atoms with Crippen LogP contribution in [0.5, 0.6) is 0 Å². The monoisotopic (exact) mass is 649 g/mol. The van der Waals surface area contributed by atoms with E-state index in [-0.39, 0.29) is 12.0 Å². The number of halogens is 4. The van der Waals surface area contributed by atoms with E-state index < -0.39 is 12.1 Å². The number of hydrogen-bond donors (Lipinski definition) is 2. The Hall–Kier alpha value is -4.25. The van der Waals surface area contributed by atoms with Gasteiger partial charge < -0.3 is 15.0 Å². The highest BCUT2D eigenvalue weighted by Crippen LogP contribution is 2.35. The molecule has 2 N–H and O–H groups in total. The molecule has 200 valence electrons. The van der Waals surface area contributed by atoms with Gasteiger partial charge in [-0.15, -0.1) is 0 Å². The molecule has 1 aliphatic rings. The van der Waals surface area contributed by atoms with Gasteiger partial charge in [0.1, 0.15) is 29.4 Å². The Bertz CT molecular complexity index is 1570. The lowest BCUT2D eigenvalue weighted by atomic mass is 9.96. The molecular weight excluding hydrogens is 630 g/mol. The van der Waals surface area contributed by atoms with Crippen molar-refractivity contribution in [3.63, 3.8) is 0 Å². The summed E-state index contributed by atoms with van der Waals surface area (Å²) >= 11 is 2.17. The Morgan fingerprint density at radius 3 is 2.74 bits per heavy atom. The SMILES string of the molecule is N#CC[C@@H]([C@H]1CCN(c2nccc(I)c2C#N)C1)n1cc(-c2ncnc3[nH]ccc23)cn1.O=C(O)C(F)(F)F. The molecule has 4 aromatic heterocycles. The molecule has 5 heterocycles. The second-order valence-corrected chi connectivity index (χ2v) is 9.66. The fourth-order valence-corrected chi connectivity index (χ4v) is 4.90. The number of carbonyl (C=O) groups is 1. The first kappa shape index (κ1) is 27.8. The smallest absolute Gasteiger partial charge is 0.475 e. The van der Waals surface area contributed by atoms with E-state index in [1.807, 2.05) is 29.2 Å². The zero-order chi connectivity index (χ0) is 28.2. The second-order valence-electron chi connectivity index (χ2n) is 8.50. The number of aromatic nitrogens is 6. The normalized spacial score (nSPS) is 15.7. The second kappa shape index (κ2) is 11.6. The minimum absolute atomic E-state index is 0.0735. The van der Waals surface area contributed by atoms with E-state index in [1.165, 1.54) is 6.33 Å². The van der Waals surface area contributed by atoms with Gasteiger partial charge in [0.2, 0.25) is 0 Å². The van der Waals surface area contributed by atoms with Gasteiger partial charge in [-0.1, -0.05) is 0 Å². The van der Waals surface area contributed by atoms with Gasteiger partial charge in [-0.3, -0.25) is 4.68 Å². The fraction of sp³-hybridized carbons (Fsp3) is 0.292. The average Bonchev–Trinajstić information content (AvgIpc) is 3.68. The van der Waals surface area contributed by atoms with E-state index in [4.69, 9.17) is 9.90 Å². The maximum absolute atomic E-state index is 10.6. The van der Waals surface area contributed by atoms with Crippen molar-refractivity contribution in [1.29, 1.82) is 10.5 Å². The van der Waals surface area contributed by atoms with Gasteiger partial charge >= 0.3 is 12.1 Å². The lowest BCUT2D eigenvalue weighted by Crippen LogP contribution is -2.26. The van der Waals surface area contributed by atoms with Gasteiger partial charge in [0, 0.05) is 52.1 Å². The largest absolute Gasteiger partial charge is 0.490 e. The van der Waals surface area contributed by atoms with E-state index >= 15 is 0 Å². The molecule has 0 unspecified atom stereocenters. The van der Waals surface area contributed by atoms with Gasteiger partial charge in [0.25, 0.3) is 0 Å². The van der Waals surface area contributed by atoms with Crippen molar-refractivity contribution in [3.8, 4) is 23.4 Å². The van der Waals surface area contributed by atoms with Gasteiger partial charge in [0.05, 0.1) is 30.4 Å². The van der Waals surface area contributed by atoms with E-state index in [2.05, 4.69) is 64.7 Å². The Balaban J connectivity index is 0.000000448. The summed E-state index contributed by atoms with van der Waals surface area (Å²) in [6.07, 6.45) is 5.04. The average molecular weight is 649 g/mol. The molecule has 1 aliphatic heterocycles. The first-order chi connectivity index (χ1) is 18.6. The van der Waals surface area contributed by atoms with Crippen molar-refractivity contribution >= 4 is 45.4 Å². The summed E-state index contributed by atoms with van der Waals surface area (Å²) in [6, 6.07) is 8.32. The Labute approximate surface area is 233 Å². The number of nitriles is 2. The van der Waals surface area contributed by atoms with E-state index in [1.54, 1.807) is 12.4 Å². The van der Waals surface area contributed by atoms with Crippen LogP contribution in [0, 0.1) is 32.2 Å². The predicted octanol–water partition coefficient (Wildman–Crippen LogP) is 4.31. The van der Waals surface area contributed by atoms with Crippen molar-refractivity contribution in [2.75, 3.05) is 18.0 Å². The van der Waals surface area contributed by atoms with E-state index in [9.17, 15) is 23.7 Å². The molecule has 0 radical (unpaired) electrons. The van der Waals surface area contributed by atoms with Crippen molar-refractivity contribution in [2.45, 2.75) is 25.1 Å². The number of carboxylic acids is 1. The highest BCUT2D eigenvalue weighted by atomic mass is 127. The summed E-state index contributed by atoms with van der Waals surface area (Å²) in [5, 5.41) is 31.7. The van der Waals surface area contributed by atoms with Gasteiger partial charge in [0.15, 0.2) is 0 Å². The topological polar surface area (TPSA) is 160 Å². The number of pyridine rings is 1. The summed E-state index contributed by atoms with van der Waals surface area (Å²) in [4.78, 5) is 27.3. The highest BCUT2D eigenvalue weighted by Gasteiger charge is 2.38. The number of hydrogen-bond acceptors (Lipinski definition) is 8. The van der Waals surface area contributed by atoms with Gasteiger partial charge in [-0.25, -0.2) is 19.7 Å². The summed E-state index contributed by atoms with van der Waals surface area (Å²) in [7, 11) is 0. The zero-order valence-electron chi connectivity index (χ0n) is 20.0. The van der Waals surface area contributed by atoms with Crippen molar-refractivity contribution in [3.05, 3.63) is 52.4 Å². The van der Waals surface area contributed by atoms with Crippen molar-refractivity contribution in [2.24, 2.45) is 5.92 Å². The molecule has 0 spiro atoms. The van der Waals surface area contributed by atoms with Gasteiger partial charge in [-0.2, -0.15) is 28.8 Å². The molecule has 2 atom stereocenters. The summed E-state index contributed by atoms with van der Waals surface area (Å²) in [5.41, 5.74) is 3.08. The number of rotatable bonds is 5. The molecule has 4 aromatic rings. The Kier molecular flexibility index (Phi) is 8.29. The molecule has 15 heteroatoms. The minimum atomic E-state index is -5.08. The van der Waals surface area contributed by atoms with Crippen LogP contribution in [0.3, 0.4) is 0 Å². The number of aliphatic carboxylic acids is 1. The van der Waals surface area contributed by atoms with Crippen molar-refractivity contribution < 1.29 is 23.1 Å². The molecule has 0 amide bonds. The maximum atomic E-state index is 10.6. The fourth-order valence-electron chi connectivity index (χ4n) is 4.38. The number of fused-ring (bicyclic) bond motifs is 1. The summed E-state index contributed by atoms with van der Waals surface area (Å²) in [5.74, 6) is -1.83. The lowest BCUT2D eigenvalue weighted by Gasteiger charge is -2.23. The first-order valence-corrected chi connectivity index (χ1v) is 12.5. The van der Waals surface area contributed by atoms with Crippen LogP contribution in [0.1, 0.15) is 24.4 Å². The summed E-state index contributed by atoms with van der Waals surface area (Å²) in [6.45, 7) is 1.51. The molecular formula is C24H19F3IN9O2. The van der Waals surface area contributed by atoms with Crippen LogP contribution >= 0.6 is 22.6 Å². The number of nitrogens with zero attached hydrogens (tertiary/aromatic N) is 8. The quantitative estimate of drug-likeness (QED) is 0.301. The molecule has 39 heavy (non-hydrogen) atoms. The number of H-pyrrole nitrogens is 1. The third kappa shape index (κ3) is 6.09. The number of carboxylic acid groups (broad SMARTS) is 1. The number of alkyl halides is 3. The van der Waals surface area contributed by atoms with Crippen LogP contribution < -0.4 is 4.90 Å². The molecule has 0 aromatic carbocycles.